The lowest BCUT2D eigenvalue weighted by atomic mass is 9.98. The molecule has 1 aliphatic rings. The number of unbranched alkanes of at least 4 members (excludes halogenated alkanes) is 1. The van der Waals surface area contributed by atoms with Crippen molar-refractivity contribution in [2.75, 3.05) is 19.8 Å². The predicted octanol–water partition coefficient (Wildman–Crippen LogP) is 6.29. The molecule has 2 amide bonds. The van der Waals surface area contributed by atoms with Crippen LogP contribution in [0.1, 0.15) is 82.0 Å². The molecular weight excluding hydrogens is 468 g/mol. The van der Waals surface area contributed by atoms with E-state index in [9.17, 15) is 14.7 Å². The van der Waals surface area contributed by atoms with Gasteiger partial charge in [0.1, 0.15) is 17.0 Å². The molecule has 3 rings (SSSR count). The lowest BCUT2D eigenvalue weighted by molar-refractivity contribution is -0.144. The highest BCUT2D eigenvalue weighted by Gasteiger charge is 2.43. The summed E-state index contributed by atoms with van der Waals surface area (Å²) in [6, 6.07) is 13.6. The van der Waals surface area contributed by atoms with Crippen LogP contribution in [0.25, 0.3) is 0 Å². The number of nitrogens with one attached hydrogen (secondary N) is 1. The zero-order chi connectivity index (χ0) is 26.8. The standard InChI is InChI=1S/C30H42N2O5/c1-5-36-26-20-25(21-27(22(26)3)37-6-2)23(4)32(19-13-10-16-24-14-8-7-9-15-24)29(35)31-30(28(33)34)17-11-12-18-30/h7-9,14-15,20-21,23H,5-6,10-13,16-19H2,1-4H3,(H,31,35)(H,33,34)/t23-/m1/s1. The summed E-state index contributed by atoms with van der Waals surface area (Å²) < 4.78 is 11.8. The molecule has 0 saturated heterocycles. The Bertz CT molecular complexity index is 1010. The van der Waals surface area contributed by atoms with E-state index < -0.39 is 11.5 Å². The third kappa shape index (κ3) is 7.18. The van der Waals surface area contributed by atoms with E-state index in [0.29, 0.717) is 32.6 Å². The van der Waals surface area contributed by atoms with E-state index in [1.165, 1.54) is 5.56 Å². The Morgan fingerprint density at radius 2 is 1.62 bits per heavy atom. The van der Waals surface area contributed by atoms with Crippen molar-refractivity contribution in [3.8, 4) is 11.5 Å². The van der Waals surface area contributed by atoms with Crippen molar-refractivity contribution >= 4 is 12.0 Å². The van der Waals surface area contributed by atoms with Gasteiger partial charge in [-0.15, -0.1) is 0 Å². The van der Waals surface area contributed by atoms with Gasteiger partial charge in [-0.2, -0.15) is 0 Å². The molecule has 2 N–H and O–H groups in total. The van der Waals surface area contributed by atoms with Crippen LogP contribution in [0, 0.1) is 6.92 Å². The first-order valence-corrected chi connectivity index (χ1v) is 13.6. The van der Waals surface area contributed by atoms with E-state index >= 15 is 0 Å². The third-order valence-corrected chi connectivity index (χ3v) is 7.32. The number of carbonyl (C=O) groups is 2. The quantitative estimate of drug-likeness (QED) is 0.309. The summed E-state index contributed by atoms with van der Waals surface area (Å²) in [6.07, 6.45) is 5.16. The molecule has 0 heterocycles. The van der Waals surface area contributed by atoms with Crippen LogP contribution in [0.4, 0.5) is 4.79 Å². The van der Waals surface area contributed by atoms with E-state index in [0.717, 1.165) is 54.7 Å². The van der Waals surface area contributed by atoms with Crippen LogP contribution in [0.5, 0.6) is 11.5 Å². The zero-order valence-corrected chi connectivity index (χ0v) is 22.7. The highest BCUT2D eigenvalue weighted by Crippen LogP contribution is 2.35. The minimum atomic E-state index is -1.20. The first-order valence-electron chi connectivity index (χ1n) is 13.6. The van der Waals surface area contributed by atoms with E-state index in [1.807, 2.05) is 58.0 Å². The lowest BCUT2D eigenvalue weighted by Gasteiger charge is -2.34. The van der Waals surface area contributed by atoms with Gasteiger partial charge in [0.15, 0.2) is 0 Å². The van der Waals surface area contributed by atoms with Crippen LogP contribution in [0.2, 0.25) is 0 Å². The maximum atomic E-state index is 13.7. The molecule has 202 valence electrons. The van der Waals surface area contributed by atoms with Crippen LogP contribution in [-0.4, -0.2) is 47.3 Å². The zero-order valence-electron chi connectivity index (χ0n) is 22.7. The second kappa shape index (κ2) is 13.4. The molecule has 1 atom stereocenters. The van der Waals surface area contributed by atoms with Crippen LogP contribution in [0.15, 0.2) is 42.5 Å². The predicted molar refractivity (Wildman–Crippen MR) is 145 cm³/mol. The number of rotatable bonds is 13. The fraction of sp³-hybridized carbons (Fsp3) is 0.533. The Morgan fingerprint density at radius 3 is 2.16 bits per heavy atom. The Labute approximate surface area is 221 Å². The number of aryl methyl sites for hydroxylation is 1. The minimum absolute atomic E-state index is 0.303. The van der Waals surface area contributed by atoms with Gasteiger partial charge in [0.05, 0.1) is 19.3 Å². The molecule has 0 radical (unpaired) electrons. The molecule has 0 aromatic heterocycles. The summed E-state index contributed by atoms with van der Waals surface area (Å²) >= 11 is 0. The van der Waals surface area contributed by atoms with Gasteiger partial charge in [0, 0.05) is 12.1 Å². The topological polar surface area (TPSA) is 88.1 Å². The molecule has 37 heavy (non-hydrogen) atoms. The number of urea groups is 1. The molecule has 7 heteroatoms. The number of carboxylic acids is 1. The summed E-state index contributed by atoms with van der Waals surface area (Å²) in [7, 11) is 0. The number of nitrogens with zero attached hydrogens (tertiary/aromatic N) is 1. The summed E-state index contributed by atoms with van der Waals surface area (Å²) in [5.41, 5.74) is 1.89. The molecule has 0 bridgehead atoms. The van der Waals surface area contributed by atoms with E-state index in [4.69, 9.17) is 9.47 Å². The van der Waals surface area contributed by atoms with Gasteiger partial charge in [-0.3, -0.25) is 0 Å². The number of carbonyl (C=O) groups excluding carboxylic acids is 1. The molecule has 1 saturated carbocycles. The first kappa shape index (κ1) is 28.4. The largest absolute Gasteiger partial charge is 0.493 e. The molecule has 0 unspecified atom stereocenters. The number of carboxylic acid groups (broad SMARTS) is 1. The minimum Gasteiger partial charge on any atom is -0.493 e. The molecule has 0 aliphatic heterocycles. The van der Waals surface area contributed by atoms with Gasteiger partial charge >= 0.3 is 12.0 Å². The average molecular weight is 511 g/mol. The maximum Gasteiger partial charge on any atom is 0.329 e. The average Bonchev–Trinajstić information content (AvgIpc) is 3.36. The number of aliphatic carboxylic acids is 1. The molecule has 0 spiro atoms. The fourth-order valence-electron chi connectivity index (χ4n) is 5.09. The number of hydrogen-bond donors (Lipinski definition) is 2. The Morgan fingerprint density at radius 1 is 1.03 bits per heavy atom. The van der Waals surface area contributed by atoms with Crippen molar-refractivity contribution in [1.82, 2.24) is 10.2 Å². The van der Waals surface area contributed by atoms with Gasteiger partial charge in [-0.1, -0.05) is 43.2 Å². The highest BCUT2D eigenvalue weighted by atomic mass is 16.5. The van der Waals surface area contributed by atoms with Crippen molar-refractivity contribution in [2.45, 2.75) is 84.2 Å². The molecular formula is C30H42N2O5. The molecule has 1 fully saturated rings. The van der Waals surface area contributed by atoms with Crippen molar-refractivity contribution < 1.29 is 24.2 Å². The molecule has 2 aromatic rings. The summed E-state index contributed by atoms with van der Waals surface area (Å²) in [5, 5.41) is 12.9. The van der Waals surface area contributed by atoms with Crippen LogP contribution in [0.3, 0.4) is 0 Å². The number of ether oxygens (including phenoxy) is 2. The lowest BCUT2D eigenvalue weighted by Crippen LogP contribution is -2.56. The molecule has 7 nitrogen and oxygen atoms in total. The Hall–Kier alpha value is -3.22. The third-order valence-electron chi connectivity index (χ3n) is 7.32. The summed E-state index contributed by atoms with van der Waals surface area (Å²) in [6.45, 7) is 9.39. The smallest absolute Gasteiger partial charge is 0.329 e. The maximum absolute atomic E-state index is 13.7. The Balaban J connectivity index is 1.85. The van der Waals surface area contributed by atoms with Gasteiger partial charge in [-0.25, -0.2) is 9.59 Å². The second-order valence-electron chi connectivity index (χ2n) is 9.84. The van der Waals surface area contributed by atoms with Crippen molar-refractivity contribution in [2.24, 2.45) is 0 Å². The summed E-state index contributed by atoms with van der Waals surface area (Å²) in [5.74, 6) is 0.512. The van der Waals surface area contributed by atoms with E-state index in [-0.39, 0.29) is 12.1 Å². The van der Waals surface area contributed by atoms with Gasteiger partial charge in [0.25, 0.3) is 0 Å². The van der Waals surface area contributed by atoms with Crippen molar-refractivity contribution in [3.05, 3.63) is 59.2 Å². The van der Waals surface area contributed by atoms with Gasteiger partial charge in [-0.05, 0) is 83.1 Å². The molecule has 2 aromatic carbocycles. The van der Waals surface area contributed by atoms with Crippen molar-refractivity contribution in [3.63, 3.8) is 0 Å². The van der Waals surface area contributed by atoms with Crippen LogP contribution < -0.4 is 14.8 Å². The molecule has 1 aliphatic carbocycles. The summed E-state index contributed by atoms with van der Waals surface area (Å²) in [4.78, 5) is 27.6. The SMILES string of the molecule is CCOc1cc([C@@H](C)N(CCCCc2ccccc2)C(=O)NC2(C(=O)O)CCCC2)cc(OCC)c1C. The van der Waals surface area contributed by atoms with E-state index in [2.05, 4.69) is 17.4 Å². The van der Waals surface area contributed by atoms with Crippen LogP contribution >= 0.6 is 0 Å². The monoisotopic (exact) mass is 510 g/mol. The second-order valence-corrected chi connectivity index (χ2v) is 9.84. The number of amides is 2. The Kier molecular flexibility index (Phi) is 10.2. The van der Waals surface area contributed by atoms with Crippen LogP contribution in [-0.2, 0) is 11.2 Å². The fourth-order valence-corrected chi connectivity index (χ4v) is 5.09. The number of benzene rings is 2. The van der Waals surface area contributed by atoms with E-state index in [1.54, 1.807) is 4.90 Å². The van der Waals surface area contributed by atoms with Gasteiger partial charge < -0.3 is 24.8 Å². The number of hydrogen-bond acceptors (Lipinski definition) is 4. The highest BCUT2D eigenvalue weighted by molar-refractivity contribution is 5.86. The normalized spacial score (nSPS) is 15.1. The van der Waals surface area contributed by atoms with Gasteiger partial charge in [0.2, 0.25) is 0 Å². The van der Waals surface area contributed by atoms with Crippen molar-refractivity contribution in [1.29, 1.82) is 0 Å². The first-order chi connectivity index (χ1) is 17.8.